The number of imidazole rings is 2. The highest BCUT2D eigenvalue weighted by Gasteiger charge is 2.39. The van der Waals surface area contributed by atoms with Crippen molar-refractivity contribution in [1.29, 1.82) is 0 Å². The van der Waals surface area contributed by atoms with Crippen LogP contribution in [0.25, 0.3) is 55.7 Å². The smallest absolute Gasteiger partial charge is 0.407 e. The Morgan fingerprint density at radius 2 is 1.02 bits per heavy atom. The second kappa shape index (κ2) is 18.8. The van der Waals surface area contributed by atoms with Gasteiger partial charge in [-0.25, -0.2) is 19.6 Å². The summed E-state index contributed by atoms with van der Waals surface area (Å²) in [7, 11) is 2.59. The molecule has 2 aliphatic rings. The van der Waals surface area contributed by atoms with Crippen molar-refractivity contribution < 1.29 is 28.7 Å². The van der Waals surface area contributed by atoms with Crippen molar-refractivity contribution in [2.45, 2.75) is 77.5 Å². The van der Waals surface area contributed by atoms with Crippen molar-refractivity contribution in [3.8, 4) is 44.6 Å². The molecule has 64 heavy (non-hydrogen) atoms. The third-order valence-electron chi connectivity index (χ3n) is 12.5. The van der Waals surface area contributed by atoms with Gasteiger partial charge in [0.1, 0.15) is 23.7 Å². The summed E-state index contributed by atoms with van der Waals surface area (Å²) in [5.41, 5.74) is 10.2. The molecular weight excluding hydrogens is 809 g/mol. The number of benzene rings is 4. The lowest BCUT2D eigenvalue weighted by atomic mass is 9.97. The molecule has 0 saturated carbocycles. The van der Waals surface area contributed by atoms with Crippen LogP contribution in [-0.2, 0) is 19.1 Å². The summed E-state index contributed by atoms with van der Waals surface area (Å²) in [4.78, 5) is 71.4. The molecule has 2 fully saturated rings. The minimum Gasteiger partial charge on any atom is -0.453 e. The molecule has 8 rings (SSSR count). The highest BCUT2D eigenvalue weighted by Crippen LogP contribution is 2.36. The first kappa shape index (κ1) is 43.7. The lowest BCUT2D eigenvalue weighted by molar-refractivity contribution is -0.136. The van der Waals surface area contributed by atoms with Crippen LogP contribution in [0.2, 0.25) is 0 Å². The minimum atomic E-state index is -0.687. The number of amides is 4. The van der Waals surface area contributed by atoms with Gasteiger partial charge in [0.2, 0.25) is 11.8 Å². The highest BCUT2D eigenvalue weighted by atomic mass is 16.5. The van der Waals surface area contributed by atoms with E-state index in [9.17, 15) is 19.2 Å². The third-order valence-corrected chi connectivity index (χ3v) is 12.5. The van der Waals surface area contributed by atoms with Crippen LogP contribution in [0.15, 0.2) is 97.2 Å². The number of H-pyrrole nitrogens is 2. The minimum absolute atomic E-state index is 0.102. The zero-order valence-corrected chi connectivity index (χ0v) is 37.2. The molecule has 4 amide bonds. The lowest BCUT2D eigenvalue weighted by Gasteiger charge is -2.30. The maximum absolute atomic E-state index is 13.6. The van der Waals surface area contributed by atoms with Crippen LogP contribution in [0.5, 0.6) is 0 Å². The fourth-order valence-corrected chi connectivity index (χ4v) is 8.96. The van der Waals surface area contributed by atoms with Gasteiger partial charge in [0.05, 0.1) is 49.2 Å². The number of carbonyl (C=O) groups excluding carboxylic acids is 4. The van der Waals surface area contributed by atoms with Crippen molar-refractivity contribution in [3.63, 3.8) is 0 Å². The zero-order valence-electron chi connectivity index (χ0n) is 37.2. The Labute approximate surface area is 373 Å². The predicted octanol–water partition coefficient (Wildman–Crippen LogP) is 9.04. The van der Waals surface area contributed by atoms with Gasteiger partial charge in [0.15, 0.2) is 0 Å². The fraction of sp³-hybridized carbons (Fsp3) is 0.360. The van der Waals surface area contributed by atoms with Gasteiger partial charge in [-0.1, -0.05) is 107 Å². The summed E-state index contributed by atoms with van der Waals surface area (Å²) in [6.45, 7) is 8.83. The van der Waals surface area contributed by atoms with E-state index in [1.54, 1.807) is 0 Å². The van der Waals surface area contributed by atoms with Crippen LogP contribution < -0.4 is 10.6 Å². The average Bonchev–Trinajstić information content (AvgIpc) is 4.16. The molecule has 0 spiro atoms. The van der Waals surface area contributed by atoms with E-state index in [-0.39, 0.29) is 35.7 Å². The maximum Gasteiger partial charge on any atom is 0.407 e. The maximum atomic E-state index is 13.6. The zero-order chi connectivity index (χ0) is 45.1. The molecule has 0 radical (unpaired) electrons. The van der Waals surface area contributed by atoms with E-state index in [2.05, 4.69) is 106 Å². The summed E-state index contributed by atoms with van der Waals surface area (Å²) in [5.74, 6) is 1.01. The number of methoxy groups -OCH3 is 2. The molecule has 332 valence electrons. The molecule has 4 heterocycles. The number of carbonyl (C=O) groups is 4. The van der Waals surface area contributed by atoms with Crippen molar-refractivity contribution in [3.05, 3.63) is 109 Å². The van der Waals surface area contributed by atoms with Gasteiger partial charge in [-0.3, -0.25) is 9.59 Å². The van der Waals surface area contributed by atoms with Crippen LogP contribution in [0.1, 0.15) is 77.1 Å². The molecule has 14 heteroatoms. The number of fused-ring (bicyclic) bond motifs is 1. The number of rotatable bonds is 12. The van der Waals surface area contributed by atoms with Crippen molar-refractivity contribution in [2.24, 2.45) is 11.8 Å². The Bertz CT molecular complexity index is 2620. The van der Waals surface area contributed by atoms with Gasteiger partial charge in [0, 0.05) is 13.1 Å². The monoisotopic (exact) mass is 864 g/mol. The number of nitrogens with zero attached hydrogens (tertiary/aromatic N) is 4. The molecule has 4 aromatic carbocycles. The van der Waals surface area contributed by atoms with Crippen LogP contribution in [0, 0.1) is 11.8 Å². The Morgan fingerprint density at radius 1 is 0.594 bits per heavy atom. The average molecular weight is 865 g/mol. The first-order chi connectivity index (χ1) is 30.9. The van der Waals surface area contributed by atoms with Crippen molar-refractivity contribution in [1.82, 2.24) is 40.4 Å². The SMILES string of the molecule is COC(=O)NC(C(=O)N1CCC[C@H]1c1ncc(-c2ccc(-c3ccc(-c4ccc(-c5ccc6nc([C@@H]7CCCN7C(=O)[C@@H](NC(=O)OC)C(C)C)[nH]c6c5)cc4)cc3)cc2)[nH]1)C(C)C. The first-order valence-electron chi connectivity index (χ1n) is 22.1. The molecule has 4 atom stereocenters. The Kier molecular flexibility index (Phi) is 12.8. The van der Waals surface area contributed by atoms with Gasteiger partial charge >= 0.3 is 12.2 Å². The molecule has 2 aliphatic heterocycles. The van der Waals surface area contributed by atoms with Gasteiger partial charge in [-0.05, 0) is 88.6 Å². The molecule has 1 unspecified atom stereocenters. The summed E-state index contributed by atoms with van der Waals surface area (Å²) < 4.78 is 9.55. The number of aromatic amines is 2. The number of nitrogens with one attached hydrogen (secondary N) is 4. The van der Waals surface area contributed by atoms with Gasteiger partial charge in [-0.2, -0.15) is 0 Å². The van der Waals surface area contributed by atoms with E-state index in [0.717, 1.165) is 93.0 Å². The largest absolute Gasteiger partial charge is 0.453 e. The molecule has 14 nitrogen and oxygen atoms in total. The normalized spacial score (nSPS) is 17.2. The summed E-state index contributed by atoms with van der Waals surface area (Å²) in [5, 5.41) is 5.42. The number of aromatic nitrogens is 4. The van der Waals surface area contributed by atoms with Gasteiger partial charge < -0.3 is 39.9 Å². The quantitative estimate of drug-likeness (QED) is 0.0943. The Hall–Kier alpha value is -6.96. The lowest BCUT2D eigenvalue weighted by Crippen LogP contribution is -2.51. The van der Waals surface area contributed by atoms with Crippen molar-refractivity contribution >= 4 is 35.0 Å². The number of hydrogen-bond acceptors (Lipinski definition) is 8. The van der Waals surface area contributed by atoms with Crippen LogP contribution >= 0.6 is 0 Å². The van der Waals surface area contributed by atoms with Crippen LogP contribution in [0.4, 0.5) is 9.59 Å². The topological polar surface area (TPSA) is 175 Å². The predicted molar refractivity (Wildman–Crippen MR) is 246 cm³/mol. The van der Waals surface area contributed by atoms with E-state index in [0.29, 0.717) is 13.1 Å². The number of alkyl carbamates (subject to hydrolysis) is 2. The van der Waals surface area contributed by atoms with E-state index in [4.69, 9.17) is 19.4 Å². The Balaban J connectivity index is 0.907. The molecule has 0 aliphatic carbocycles. The number of ether oxygens (including phenoxy) is 2. The van der Waals surface area contributed by atoms with E-state index in [1.165, 1.54) is 14.2 Å². The third kappa shape index (κ3) is 9.08. The standard InChI is InChI=1S/C50H56N8O6/c1-29(2)43(55-49(61)63-5)47(59)57-25-7-9-41(57)45-51-28-40(54-45)36-21-19-34(20-22-36)32-13-11-31(12-14-32)33-15-17-35(18-16-33)37-23-24-38-39(27-37)53-46(52-38)42-10-8-26-58(42)48(60)44(30(3)4)56-50(62)64-6/h11-24,27-30,41-44H,7-10,25-26H2,1-6H3,(H,51,54)(H,52,53)(H,55,61)(H,56,62)/t41-,42-,43?,44-/m0/s1. The molecular formula is C50H56N8O6. The molecule has 2 aromatic heterocycles. The van der Waals surface area contributed by atoms with Gasteiger partial charge in [-0.15, -0.1) is 0 Å². The molecule has 0 bridgehead atoms. The van der Waals surface area contributed by atoms with Crippen LogP contribution in [-0.4, -0.2) is 93.1 Å². The van der Waals surface area contributed by atoms with Crippen LogP contribution in [0.3, 0.4) is 0 Å². The van der Waals surface area contributed by atoms with E-state index < -0.39 is 24.3 Å². The second-order valence-electron chi connectivity index (χ2n) is 17.4. The first-order valence-corrected chi connectivity index (χ1v) is 22.1. The molecule has 6 aromatic rings. The van der Waals surface area contributed by atoms with E-state index >= 15 is 0 Å². The Morgan fingerprint density at radius 3 is 1.47 bits per heavy atom. The van der Waals surface area contributed by atoms with Gasteiger partial charge in [0.25, 0.3) is 0 Å². The van der Waals surface area contributed by atoms with Crippen molar-refractivity contribution in [2.75, 3.05) is 27.3 Å². The van der Waals surface area contributed by atoms with E-state index in [1.807, 2.05) is 49.8 Å². The highest BCUT2D eigenvalue weighted by molar-refractivity contribution is 5.88. The molecule has 4 N–H and O–H groups in total. The number of hydrogen-bond donors (Lipinski definition) is 4. The summed E-state index contributed by atoms with van der Waals surface area (Å²) in [6, 6.07) is 29.9. The second-order valence-corrected chi connectivity index (χ2v) is 17.4. The number of likely N-dealkylation sites (tertiary alicyclic amines) is 2. The summed E-state index contributed by atoms with van der Waals surface area (Å²) >= 11 is 0. The molecule has 2 saturated heterocycles. The fourth-order valence-electron chi connectivity index (χ4n) is 8.96. The summed E-state index contributed by atoms with van der Waals surface area (Å²) in [6.07, 6.45) is 3.86.